The zero-order chi connectivity index (χ0) is 16.8. The molecule has 0 aliphatic heterocycles. The normalized spacial score (nSPS) is 10.1. The Kier molecular flexibility index (Phi) is 5.36. The Balaban J connectivity index is 2.60. The molecule has 0 amide bonds. The summed E-state index contributed by atoms with van der Waals surface area (Å²) in [7, 11) is 0. The quantitative estimate of drug-likeness (QED) is 0.487. The summed E-state index contributed by atoms with van der Waals surface area (Å²) in [5.74, 6) is 0.169. The maximum atomic E-state index is 11.3. The largest absolute Gasteiger partial charge is 0.507 e. The highest BCUT2D eigenvalue weighted by Gasteiger charge is 2.13. The average molecular weight is 308 g/mol. The molecular weight excluding hydrogens is 288 g/mol. The molecule has 0 heterocycles. The third kappa shape index (κ3) is 4.10. The molecule has 0 aliphatic carbocycles. The number of esters is 1. The van der Waals surface area contributed by atoms with E-state index in [9.17, 15) is 9.90 Å². The SMILES string of the molecule is C=CCc1ccc(O)c(-c2cc(CC=C)ccc2OC(C)=O)c1. The number of carbonyl (C=O) groups is 1. The summed E-state index contributed by atoms with van der Waals surface area (Å²) in [6.07, 6.45) is 5.00. The molecule has 0 saturated heterocycles. The van der Waals surface area contributed by atoms with Crippen molar-refractivity contribution in [2.24, 2.45) is 0 Å². The minimum Gasteiger partial charge on any atom is -0.507 e. The number of allylic oxidation sites excluding steroid dienone is 2. The van der Waals surface area contributed by atoms with Crippen LogP contribution in [0.1, 0.15) is 18.1 Å². The van der Waals surface area contributed by atoms with Gasteiger partial charge in [-0.1, -0.05) is 24.3 Å². The van der Waals surface area contributed by atoms with E-state index >= 15 is 0 Å². The van der Waals surface area contributed by atoms with Crippen molar-refractivity contribution in [1.82, 2.24) is 0 Å². The first kappa shape index (κ1) is 16.6. The van der Waals surface area contributed by atoms with Crippen LogP contribution < -0.4 is 4.74 Å². The first-order valence-electron chi connectivity index (χ1n) is 7.40. The highest BCUT2D eigenvalue weighted by Crippen LogP contribution is 2.37. The maximum absolute atomic E-state index is 11.3. The van der Waals surface area contributed by atoms with Gasteiger partial charge < -0.3 is 9.84 Å². The fourth-order valence-corrected chi connectivity index (χ4v) is 2.42. The van der Waals surface area contributed by atoms with E-state index in [2.05, 4.69) is 13.2 Å². The van der Waals surface area contributed by atoms with Gasteiger partial charge in [-0.25, -0.2) is 0 Å². The number of carbonyl (C=O) groups excluding carboxylic acids is 1. The smallest absolute Gasteiger partial charge is 0.308 e. The first-order valence-corrected chi connectivity index (χ1v) is 7.40. The molecule has 3 nitrogen and oxygen atoms in total. The molecular formula is C20H20O3. The van der Waals surface area contributed by atoms with Gasteiger partial charge >= 0.3 is 5.97 Å². The van der Waals surface area contributed by atoms with Crippen molar-refractivity contribution < 1.29 is 14.6 Å². The van der Waals surface area contributed by atoms with Gasteiger partial charge in [0.05, 0.1) is 0 Å². The summed E-state index contributed by atoms with van der Waals surface area (Å²) >= 11 is 0. The third-order valence-corrected chi connectivity index (χ3v) is 3.41. The monoisotopic (exact) mass is 308 g/mol. The Morgan fingerprint density at radius 3 is 2.17 bits per heavy atom. The highest BCUT2D eigenvalue weighted by atomic mass is 16.5. The highest BCUT2D eigenvalue weighted by molar-refractivity contribution is 5.80. The minimum atomic E-state index is -0.399. The topological polar surface area (TPSA) is 46.5 Å². The number of phenolic OH excluding ortho intramolecular Hbond substituents is 1. The van der Waals surface area contributed by atoms with Gasteiger partial charge in [-0.3, -0.25) is 4.79 Å². The molecule has 2 aromatic carbocycles. The fourth-order valence-electron chi connectivity index (χ4n) is 2.42. The van der Waals surface area contributed by atoms with E-state index < -0.39 is 5.97 Å². The van der Waals surface area contributed by atoms with Crippen LogP contribution in [0.3, 0.4) is 0 Å². The number of phenols is 1. The molecule has 3 heteroatoms. The summed E-state index contributed by atoms with van der Waals surface area (Å²) in [6, 6.07) is 10.9. The number of rotatable bonds is 6. The van der Waals surface area contributed by atoms with Crippen molar-refractivity contribution in [3.8, 4) is 22.6 Å². The van der Waals surface area contributed by atoms with Gasteiger partial charge in [-0.15, -0.1) is 13.2 Å². The summed E-state index contributed by atoms with van der Waals surface area (Å²) in [5.41, 5.74) is 3.37. The number of ether oxygens (including phenoxy) is 1. The van der Waals surface area contributed by atoms with Gasteiger partial charge in [-0.05, 0) is 48.2 Å². The third-order valence-electron chi connectivity index (χ3n) is 3.41. The predicted octanol–water partition coefficient (Wildman–Crippen LogP) is 4.44. The molecule has 0 saturated carbocycles. The molecule has 0 atom stereocenters. The Morgan fingerprint density at radius 1 is 1.04 bits per heavy atom. The summed E-state index contributed by atoms with van der Waals surface area (Å²) in [6.45, 7) is 8.83. The molecule has 0 bridgehead atoms. The van der Waals surface area contributed by atoms with Gasteiger partial charge in [0.1, 0.15) is 11.5 Å². The molecule has 1 N–H and O–H groups in total. The summed E-state index contributed by atoms with van der Waals surface area (Å²) < 4.78 is 5.29. The van der Waals surface area contributed by atoms with Crippen LogP contribution in [-0.2, 0) is 17.6 Å². The Hall–Kier alpha value is -2.81. The molecule has 23 heavy (non-hydrogen) atoms. The van der Waals surface area contributed by atoms with Crippen LogP contribution in [0.2, 0.25) is 0 Å². The predicted molar refractivity (Wildman–Crippen MR) is 92.7 cm³/mol. The first-order chi connectivity index (χ1) is 11.0. The van der Waals surface area contributed by atoms with E-state index in [1.807, 2.05) is 24.3 Å². The lowest BCUT2D eigenvalue weighted by atomic mass is 9.97. The zero-order valence-corrected chi connectivity index (χ0v) is 13.2. The number of hydrogen-bond donors (Lipinski definition) is 1. The van der Waals surface area contributed by atoms with Gasteiger partial charge in [0.15, 0.2) is 0 Å². The summed E-state index contributed by atoms with van der Waals surface area (Å²) in [4.78, 5) is 11.3. The van der Waals surface area contributed by atoms with Crippen molar-refractivity contribution in [2.45, 2.75) is 19.8 Å². The van der Waals surface area contributed by atoms with Gasteiger partial charge in [0, 0.05) is 18.1 Å². The molecule has 0 unspecified atom stereocenters. The Morgan fingerprint density at radius 2 is 1.61 bits per heavy atom. The lowest BCUT2D eigenvalue weighted by Crippen LogP contribution is -2.03. The van der Waals surface area contributed by atoms with E-state index in [0.29, 0.717) is 29.7 Å². The van der Waals surface area contributed by atoms with Gasteiger partial charge in [0.25, 0.3) is 0 Å². The lowest BCUT2D eigenvalue weighted by molar-refractivity contribution is -0.131. The lowest BCUT2D eigenvalue weighted by Gasteiger charge is -2.13. The second-order valence-electron chi connectivity index (χ2n) is 5.26. The maximum Gasteiger partial charge on any atom is 0.308 e. The number of aromatic hydroxyl groups is 1. The van der Waals surface area contributed by atoms with Gasteiger partial charge in [-0.2, -0.15) is 0 Å². The minimum absolute atomic E-state index is 0.141. The molecule has 0 aromatic heterocycles. The molecule has 0 fully saturated rings. The van der Waals surface area contributed by atoms with Crippen LogP contribution in [0.5, 0.6) is 11.5 Å². The van der Waals surface area contributed by atoms with Crippen molar-refractivity contribution in [3.63, 3.8) is 0 Å². The number of hydrogen-bond acceptors (Lipinski definition) is 3. The van der Waals surface area contributed by atoms with Crippen molar-refractivity contribution in [1.29, 1.82) is 0 Å². The second-order valence-corrected chi connectivity index (χ2v) is 5.26. The van der Waals surface area contributed by atoms with Crippen molar-refractivity contribution >= 4 is 5.97 Å². The fraction of sp³-hybridized carbons (Fsp3) is 0.150. The van der Waals surface area contributed by atoms with E-state index in [1.165, 1.54) is 6.92 Å². The zero-order valence-electron chi connectivity index (χ0n) is 13.2. The molecule has 118 valence electrons. The van der Waals surface area contributed by atoms with Crippen LogP contribution >= 0.6 is 0 Å². The molecule has 0 spiro atoms. The van der Waals surface area contributed by atoms with Crippen LogP contribution in [0.15, 0.2) is 61.7 Å². The Bertz CT molecular complexity index is 745. The molecule has 0 radical (unpaired) electrons. The molecule has 0 aliphatic rings. The van der Waals surface area contributed by atoms with Crippen molar-refractivity contribution in [3.05, 3.63) is 72.8 Å². The molecule has 2 rings (SSSR count). The van der Waals surface area contributed by atoms with E-state index in [1.54, 1.807) is 24.3 Å². The van der Waals surface area contributed by atoms with Crippen LogP contribution in [0.25, 0.3) is 11.1 Å². The second kappa shape index (κ2) is 7.45. The van der Waals surface area contributed by atoms with E-state index in [4.69, 9.17) is 4.74 Å². The number of benzene rings is 2. The standard InChI is InChI=1S/C20H20O3/c1-4-6-15-8-10-19(22)17(12-15)18-13-16(7-5-2)9-11-20(18)23-14(3)21/h4-5,8-13,22H,1-2,6-7H2,3H3. The Labute approximate surface area is 136 Å². The van der Waals surface area contributed by atoms with Crippen LogP contribution in [0, 0.1) is 0 Å². The van der Waals surface area contributed by atoms with Gasteiger partial charge in [0.2, 0.25) is 0 Å². The average Bonchev–Trinajstić information content (AvgIpc) is 2.51. The summed E-state index contributed by atoms with van der Waals surface area (Å²) in [5, 5.41) is 10.2. The van der Waals surface area contributed by atoms with Crippen molar-refractivity contribution in [2.75, 3.05) is 0 Å². The van der Waals surface area contributed by atoms with E-state index in [-0.39, 0.29) is 5.75 Å². The van der Waals surface area contributed by atoms with Crippen LogP contribution in [-0.4, -0.2) is 11.1 Å². The van der Waals surface area contributed by atoms with E-state index in [0.717, 1.165) is 11.1 Å². The molecule has 2 aromatic rings. The van der Waals surface area contributed by atoms with Crippen LogP contribution in [0.4, 0.5) is 0 Å².